The van der Waals surface area contributed by atoms with E-state index >= 15 is 0 Å². The van der Waals surface area contributed by atoms with Crippen LogP contribution in [0.3, 0.4) is 0 Å². The van der Waals surface area contributed by atoms with Crippen LogP contribution >= 0.6 is 0 Å². The molecule has 2 atom stereocenters. The molecule has 114 valence electrons. The first-order valence-corrected chi connectivity index (χ1v) is 7.15. The third-order valence-electron chi connectivity index (χ3n) is 3.67. The number of nitrogens with one attached hydrogen (secondary N) is 2. The molecule has 0 spiro atoms. The Bertz CT molecular complexity index is 723. The van der Waals surface area contributed by atoms with Crippen LogP contribution in [0.1, 0.15) is 43.4 Å². The van der Waals surface area contributed by atoms with Crippen LogP contribution < -0.4 is 10.6 Å². The van der Waals surface area contributed by atoms with Crippen LogP contribution in [-0.4, -0.2) is 17.0 Å². The van der Waals surface area contributed by atoms with Crippen LogP contribution in [0.5, 0.6) is 0 Å². The van der Waals surface area contributed by atoms with Crippen molar-refractivity contribution in [2.75, 3.05) is 10.6 Å². The van der Waals surface area contributed by atoms with E-state index in [4.69, 9.17) is 4.52 Å². The number of benzene rings is 1. The minimum Gasteiger partial charge on any atom is -0.338 e. The van der Waals surface area contributed by atoms with Gasteiger partial charge >= 0.3 is 0 Å². The summed E-state index contributed by atoms with van der Waals surface area (Å²) in [5, 5.41) is 9.45. The van der Waals surface area contributed by atoms with Gasteiger partial charge in [0.2, 0.25) is 17.7 Å². The fraction of sp³-hybridized carbons (Fsp3) is 0.312. The number of hydrogen-bond donors (Lipinski definition) is 2. The van der Waals surface area contributed by atoms with E-state index in [0.717, 1.165) is 23.4 Å². The summed E-state index contributed by atoms with van der Waals surface area (Å²) >= 11 is 0. The molecule has 1 aliphatic rings. The topological polar surface area (TPSA) is 84.2 Å². The van der Waals surface area contributed by atoms with Crippen LogP contribution in [0.2, 0.25) is 0 Å². The third-order valence-corrected chi connectivity index (χ3v) is 3.67. The van der Waals surface area contributed by atoms with Crippen molar-refractivity contribution in [2.45, 2.75) is 32.1 Å². The number of carbonyl (C=O) groups is 2. The summed E-state index contributed by atoms with van der Waals surface area (Å²) in [6.07, 6.45) is 0.947. The molecule has 0 bridgehead atoms. The molecule has 6 nitrogen and oxygen atoms in total. The highest BCUT2D eigenvalue weighted by Gasteiger charge is 2.42. The summed E-state index contributed by atoms with van der Waals surface area (Å²) < 4.78 is 5.10. The fourth-order valence-corrected chi connectivity index (χ4v) is 2.69. The van der Waals surface area contributed by atoms with Gasteiger partial charge in [-0.3, -0.25) is 14.9 Å². The van der Waals surface area contributed by atoms with Crippen molar-refractivity contribution in [1.29, 1.82) is 0 Å². The van der Waals surface area contributed by atoms with E-state index in [0.29, 0.717) is 11.8 Å². The Kier molecular flexibility index (Phi) is 3.66. The van der Waals surface area contributed by atoms with Gasteiger partial charge in [0.05, 0.1) is 5.69 Å². The van der Waals surface area contributed by atoms with Crippen molar-refractivity contribution >= 4 is 23.4 Å². The molecular weight excluding hydrogens is 282 g/mol. The van der Waals surface area contributed by atoms with E-state index in [1.54, 1.807) is 6.07 Å². The van der Waals surface area contributed by atoms with Crippen molar-refractivity contribution in [2.24, 2.45) is 0 Å². The number of rotatable bonds is 4. The maximum absolute atomic E-state index is 11.3. The first-order valence-electron chi connectivity index (χ1n) is 7.15. The summed E-state index contributed by atoms with van der Waals surface area (Å²) in [6.45, 7) is 2.92. The molecule has 0 radical (unpaired) electrons. The number of hydrogen-bond acceptors (Lipinski definition) is 4. The molecule has 0 aliphatic heterocycles. The van der Waals surface area contributed by atoms with E-state index in [2.05, 4.69) is 15.8 Å². The molecule has 2 N–H and O–H groups in total. The molecule has 3 rings (SSSR count). The molecule has 1 heterocycles. The van der Waals surface area contributed by atoms with Gasteiger partial charge in [0, 0.05) is 31.5 Å². The van der Waals surface area contributed by atoms with Crippen LogP contribution in [0.4, 0.5) is 11.6 Å². The standard InChI is InChI=1S/C16H17N3O3/c1-9(20)17-14-6-4-3-5-11(14)12-7-13(12)15-8-16(22-19-15)18-10(2)21/h3-6,8,12-13H,7H2,1-2H3,(H,17,20)(H,18,21). The Morgan fingerprint density at radius 1 is 1.14 bits per heavy atom. The second-order valence-electron chi connectivity index (χ2n) is 5.51. The van der Waals surface area contributed by atoms with Crippen LogP contribution in [0, 0.1) is 0 Å². The van der Waals surface area contributed by atoms with Crippen LogP contribution in [0.25, 0.3) is 0 Å². The van der Waals surface area contributed by atoms with Crippen molar-refractivity contribution in [1.82, 2.24) is 5.16 Å². The maximum Gasteiger partial charge on any atom is 0.231 e. The smallest absolute Gasteiger partial charge is 0.231 e. The van der Waals surface area contributed by atoms with Gasteiger partial charge in [-0.05, 0) is 24.0 Å². The highest BCUT2D eigenvalue weighted by atomic mass is 16.5. The molecule has 1 saturated carbocycles. The lowest BCUT2D eigenvalue weighted by atomic mass is 10.1. The van der Waals surface area contributed by atoms with Gasteiger partial charge in [-0.1, -0.05) is 23.4 Å². The van der Waals surface area contributed by atoms with Gasteiger partial charge in [-0.2, -0.15) is 0 Å². The lowest BCUT2D eigenvalue weighted by molar-refractivity contribution is -0.115. The quantitative estimate of drug-likeness (QED) is 0.909. The summed E-state index contributed by atoms with van der Waals surface area (Å²) in [5.74, 6) is 0.646. The highest BCUT2D eigenvalue weighted by Crippen LogP contribution is 2.56. The van der Waals surface area contributed by atoms with Gasteiger partial charge < -0.3 is 9.84 Å². The van der Waals surface area contributed by atoms with E-state index in [9.17, 15) is 9.59 Å². The van der Waals surface area contributed by atoms with Crippen molar-refractivity contribution < 1.29 is 14.1 Å². The normalized spacial score (nSPS) is 19.5. The summed E-state index contributed by atoms with van der Waals surface area (Å²) in [7, 11) is 0. The Morgan fingerprint density at radius 3 is 2.59 bits per heavy atom. The molecular formula is C16H17N3O3. The molecule has 1 aromatic heterocycles. The molecule has 1 fully saturated rings. The fourth-order valence-electron chi connectivity index (χ4n) is 2.69. The zero-order chi connectivity index (χ0) is 15.7. The second kappa shape index (κ2) is 5.63. The van der Waals surface area contributed by atoms with E-state index in [-0.39, 0.29) is 17.7 Å². The lowest BCUT2D eigenvalue weighted by Gasteiger charge is -2.08. The average molecular weight is 299 g/mol. The lowest BCUT2D eigenvalue weighted by Crippen LogP contribution is -2.07. The number of para-hydroxylation sites is 1. The summed E-state index contributed by atoms with van der Waals surface area (Å²) in [6, 6.07) is 9.54. The molecule has 22 heavy (non-hydrogen) atoms. The molecule has 6 heteroatoms. The molecule has 2 amide bonds. The largest absolute Gasteiger partial charge is 0.338 e. The second-order valence-corrected chi connectivity index (χ2v) is 5.51. The zero-order valence-electron chi connectivity index (χ0n) is 12.4. The summed E-state index contributed by atoms with van der Waals surface area (Å²) in [5.41, 5.74) is 2.77. The van der Waals surface area contributed by atoms with Gasteiger partial charge in [0.15, 0.2) is 0 Å². The predicted molar refractivity (Wildman–Crippen MR) is 81.7 cm³/mol. The Morgan fingerprint density at radius 2 is 1.86 bits per heavy atom. The molecule has 2 unspecified atom stereocenters. The van der Waals surface area contributed by atoms with Crippen molar-refractivity contribution in [3.63, 3.8) is 0 Å². The number of aromatic nitrogens is 1. The van der Waals surface area contributed by atoms with Gasteiger partial charge in [-0.25, -0.2) is 0 Å². The predicted octanol–water partition coefficient (Wildman–Crippen LogP) is 2.86. The number of amides is 2. The number of anilines is 2. The molecule has 1 aliphatic carbocycles. The average Bonchev–Trinajstić information content (AvgIpc) is 3.11. The minimum atomic E-state index is -0.189. The van der Waals surface area contributed by atoms with Gasteiger partial charge in [-0.15, -0.1) is 0 Å². The Balaban J connectivity index is 1.76. The summed E-state index contributed by atoms with van der Waals surface area (Å²) in [4.78, 5) is 22.3. The first kappa shape index (κ1) is 14.3. The zero-order valence-corrected chi connectivity index (χ0v) is 12.4. The van der Waals surface area contributed by atoms with Crippen molar-refractivity contribution in [3.8, 4) is 0 Å². The Labute approximate surface area is 127 Å². The van der Waals surface area contributed by atoms with Crippen molar-refractivity contribution in [3.05, 3.63) is 41.6 Å². The SMILES string of the molecule is CC(=O)Nc1cc(C2CC2c2ccccc2NC(C)=O)no1. The number of carbonyl (C=O) groups excluding carboxylic acids is 2. The third kappa shape index (κ3) is 3.00. The molecule has 2 aromatic rings. The molecule has 0 saturated heterocycles. The van der Waals surface area contributed by atoms with E-state index in [1.165, 1.54) is 13.8 Å². The minimum absolute atomic E-state index is 0.0842. The first-order chi connectivity index (χ1) is 10.5. The van der Waals surface area contributed by atoms with E-state index < -0.39 is 0 Å². The monoisotopic (exact) mass is 299 g/mol. The highest BCUT2D eigenvalue weighted by molar-refractivity contribution is 5.90. The Hall–Kier alpha value is -2.63. The van der Waals surface area contributed by atoms with Gasteiger partial charge in [0.1, 0.15) is 0 Å². The van der Waals surface area contributed by atoms with Crippen LogP contribution in [0.15, 0.2) is 34.9 Å². The maximum atomic E-state index is 11.3. The van der Waals surface area contributed by atoms with E-state index in [1.807, 2.05) is 24.3 Å². The van der Waals surface area contributed by atoms with Gasteiger partial charge in [0.25, 0.3) is 0 Å². The molecule has 1 aromatic carbocycles. The van der Waals surface area contributed by atoms with Crippen LogP contribution in [-0.2, 0) is 9.59 Å². The number of nitrogens with zero attached hydrogens (tertiary/aromatic N) is 1.